The van der Waals surface area contributed by atoms with E-state index >= 15 is 0 Å². The summed E-state index contributed by atoms with van der Waals surface area (Å²) < 4.78 is 77.6. The number of sulfonamides is 1. The molecule has 10 heteroatoms. The monoisotopic (exact) mass is 405 g/mol. The topological polar surface area (TPSA) is 73.9 Å². The number of ether oxygens (including phenoxy) is 3. The van der Waals surface area contributed by atoms with Gasteiger partial charge in [0.15, 0.2) is 0 Å². The highest BCUT2D eigenvalue weighted by molar-refractivity contribution is 7.89. The predicted molar refractivity (Wildman–Crippen MR) is 92.2 cm³/mol. The molecular weight excluding hydrogens is 387 g/mol. The molecule has 0 saturated carbocycles. The van der Waals surface area contributed by atoms with Gasteiger partial charge in [-0.05, 0) is 30.3 Å². The summed E-state index contributed by atoms with van der Waals surface area (Å²) >= 11 is 0. The molecule has 0 fully saturated rings. The van der Waals surface area contributed by atoms with Crippen molar-refractivity contribution in [3.05, 3.63) is 54.1 Å². The van der Waals surface area contributed by atoms with Gasteiger partial charge in [-0.2, -0.15) is 0 Å². The van der Waals surface area contributed by atoms with Crippen LogP contribution in [0, 0.1) is 0 Å². The number of para-hydroxylation sites is 1. The molecule has 0 radical (unpaired) electrons. The molecule has 0 unspecified atom stereocenters. The van der Waals surface area contributed by atoms with Crippen LogP contribution in [-0.4, -0.2) is 34.2 Å². The minimum absolute atomic E-state index is 0.0643. The van der Waals surface area contributed by atoms with Gasteiger partial charge in [0.2, 0.25) is 10.0 Å². The smallest absolute Gasteiger partial charge is 0.497 e. The largest absolute Gasteiger partial charge is 0.573 e. The molecule has 0 aliphatic rings. The Hall–Kier alpha value is -2.46. The van der Waals surface area contributed by atoms with Gasteiger partial charge in [0.1, 0.15) is 23.9 Å². The molecule has 0 bridgehead atoms. The molecule has 2 rings (SSSR count). The average molecular weight is 405 g/mol. The molecule has 0 aliphatic heterocycles. The van der Waals surface area contributed by atoms with Gasteiger partial charge < -0.3 is 14.2 Å². The Bertz CT molecular complexity index is 838. The van der Waals surface area contributed by atoms with E-state index in [1.807, 2.05) is 0 Å². The minimum Gasteiger partial charge on any atom is -0.497 e. The van der Waals surface area contributed by atoms with E-state index < -0.39 is 22.1 Å². The Balaban J connectivity index is 1.87. The first kappa shape index (κ1) is 20.8. The van der Waals surface area contributed by atoms with Crippen LogP contribution < -0.4 is 18.9 Å². The molecule has 0 saturated heterocycles. The van der Waals surface area contributed by atoms with Crippen LogP contribution in [0.4, 0.5) is 13.2 Å². The van der Waals surface area contributed by atoms with Crippen LogP contribution in [-0.2, 0) is 16.6 Å². The molecule has 0 spiro atoms. The predicted octanol–water partition coefficient (Wildman–Crippen LogP) is 3.09. The fraction of sp³-hybridized carbons (Fsp3) is 0.294. The van der Waals surface area contributed by atoms with E-state index in [0.717, 1.165) is 6.07 Å². The van der Waals surface area contributed by atoms with Crippen LogP contribution in [0.5, 0.6) is 17.2 Å². The number of rotatable bonds is 9. The minimum atomic E-state index is -4.86. The molecule has 0 amide bonds. The maximum atomic E-state index is 12.4. The van der Waals surface area contributed by atoms with Crippen molar-refractivity contribution in [2.24, 2.45) is 0 Å². The number of halogens is 3. The maximum Gasteiger partial charge on any atom is 0.573 e. The lowest BCUT2D eigenvalue weighted by molar-refractivity contribution is -0.274. The van der Waals surface area contributed by atoms with Crippen LogP contribution in [0.25, 0.3) is 0 Å². The van der Waals surface area contributed by atoms with Gasteiger partial charge >= 0.3 is 6.36 Å². The van der Waals surface area contributed by atoms with Gasteiger partial charge in [-0.1, -0.05) is 18.2 Å². The Labute approximate surface area is 154 Å². The second kappa shape index (κ2) is 8.96. The summed E-state index contributed by atoms with van der Waals surface area (Å²) in [6, 6.07) is 11.9. The van der Waals surface area contributed by atoms with Gasteiger partial charge in [0, 0.05) is 12.1 Å². The summed E-state index contributed by atoms with van der Waals surface area (Å²) in [5, 5.41) is 0. The molecule has 0 aliphatic carbocycles. The quantitative estimate of drug-likeness (QED) is 0.694. The number of alkyl halides is 3. The van der Waals surface area contributed by atoms with Crippen molar-refractivity contribution in [2.45, 2.75) is 12.9 Å². The van der Waals surface area contributed by atoms with E-state index in [4.69, 9.17) is 9.47 Å². The Morgan fingerprint density at radius 3 is 2.26 bits per heavy atom. The number of methoxy groups -OCH3 is 1. The first-order valence-electron chi connectivity index (χ1n) is 7.76. The van der Waals surface area contributed by atoms with Crippen molar-refractivity contribution >= 4 is 10.0 Å². The number of nitrogens with one attached hydrogen (secondary N) is 1. The molecule has 1 N–H and O–H groups in total. The Kier molecular flexibility index (Phi) is 6.92. The van der Waals surface area contributed by atoms with Crippen LogP contribution in [0.2, 0.25) is 0 Å². The van der Waals surface area contributed by atoms with E-state index in [9.17, 15) is 21.6 Å². The van der Waals surface area contributed by atoms with Crippen molar-refractivity contribution < 1.29 is 35.8 Å². The number of benzene rings is 2. The van der Waals surface area contributed by atoms with Gasteiger partial charge in [0.25, 0.3) is 0 Å². The number of hydrogen-bond acceptors (Lipinski definition) is 5. The lowest BCUT2D eigenvalue weighted by Gasteiger charge is -2.14. The standard InChI is InChI=1S/C17H18F3NO5S/c1-24-14-6-8-15(9-7-14)25-10-11-27(22,23)21-12-13-4-2-3-5-16(13)26-17(18,19)20/h2-9,21H,10-12H2,1H3. The zero-order valence-corrected chi connectivity index (χ0v) is 15.1. The third-order valence-electron chi connectivity index (χ3n) is 3.36. The van der Waals surface area contributed by atoms with E-state index in [1.165, 1.54) is 25.3 Å². The first-order chi connectivity index (χ1) is 12.7. The van der Waals surface area contributed by atoms with E-state index in [1.54, 1.807) is 24.3 Å². The van der Waals surface area contributed by atoms with Crippen LogP contribution in [0.15, 0.2) is 48.5 Å². The average Bonchev–Trinajstić information content (AvgIpc) is 2.60. The van der Waals surface area contributed by atoms with Crippen molar-refractivity contribution in [1.82, 2.24) is 4.72 Å². The summed E-state index contributed by atoms with van der Waals surface area (Å²) in [7, 11) is -2.24. The molecule has 0 aromatic heterocycles. The highest BCUT2D eigenvalue weighted by Gasteiger charge is 2.32. The zero-order valence-electron chi connectivity index (χ0n) is 14.3. The highest BCUT2D eigenvalue weighted by atomic mass is 32.2. The molecule has 0 heterocycles. The second-order valence-corrected chi connectivity index (χ2v) is 7.25. The molecule has 27 heavy (non-hydrogen) atoms. The van der Waals surface area contributed by atoms with Crippen LogP contribution >= 0.6 is 0 Å². The summed E-state index contributed by atoms with van der Waals surface area (Å²) in [5.74, 6) is 0.287. The third kappa shape index (κ3) is 7.35. The zero-order chi connectivity index (χ0) is 19.9. The van der Waals surface area contributed by atoms with Crippen molar-refractivity contribution in [1.29, 1.82) is 0 Å². The molecule has 2 aromatic carbocycles. The third-order valence-corrected chi connectivity index (χ3v) is 4.65. The second-order valence-electron chi connectivity index (χ2n) is 5.32. The normalized spacial score (nSPS) is 11.9. The molecule has 2 aromatic rings. The molecule has 0 atom stereocenters. The fourth-order valence-corrected chi connectivity index (χ4v) is 2.90. The SMILES string of the molecule is COc1ccc(OCCS(=O)(=O)NCc2ccccc2OC(F)(F)F)cc1. The first-order valence-corrected chi connectivity index (χ1v) is 9.41. The Morgan fingerprint density at radius 1 is 1.00 bits per heavy atom. The maximum absolute atomic E-state index is 12.4. The summed E-state index contributed by atoms with van der Waals surface area (Å²) in [4.78, 5) is 0. The number of hydrogen-bond donors (Lipinski definition) is 1. The Morgan fingerprint density at radius 2 is 1.63 bits per heavy atom. The van der Waals surface area contributed by atoms with Crippen molar-refractivity contribution in [2.75, 3.05) is 19.5 Å². The van der Waals surface area contributed by atoms with E-state index in [0.29, 0.717) is 11.5 Å². The van der Waals surface area contributed by atoms with Crippen molar-refractivity contribution in [3.8, 4) is 17.2 Å². The molecule has 6 nitrogen and oxygen atoms in total. The lowest BCUT2D eigenvalue weighted by atomic mass is 10.2. The summed E-state index contributed by atoms with van der Waals surface area (Å²) in [5.41, 5.74) is 0.0643. The lowest BCUT2D eigenvalue weighted by Crippen LogP contribution is -2.29. The van der Waals surface area contributed by atoms with Gasteiger partial charge in [0.05, 0.1) is 12.9 Å². The summed E-state index contributed by atoms with van der Waals surface area (Å²) in [6.07, 6.45) is -4.86. The molecule has 148 valence electrons. The highest BCUT2D eigenvalue weighted by Crippen LogP contribution is 2.26. The van der Waals surface area contributed by atoms with Gasteiger partial charge in [-0.15, -0.1) is 13.2 Å². The van der Waals surface area contributed by atoms with E-state index in [-0.39, 0.29) is 24.5 Å². The van der Waals surface area contributed by atoms with Crippen LogP contribution in [0.1, 0.15) is 5.56 Å². The van der Waals surface area contributed by atoms with Crippen molar-refractivity contribution in [3.63, 3.8) is 0 Å². The molecular formula is C17H18F3NO5S. The van der Waals surface area contributed by atoms with Gasteiger partial charge in [-0.3, -0.25) is 0 Å². The van der Waals surface area contributed by atoms with Crippen LogP contribution in [0.3, 0.4) is 0 Å². The summed E-state index contributed by atoms with van der Waals surface area (Å²) in [6.45, 7) is -0.459. The fourth-order valence-electron chi connectivity index (χ4n) is 2.08. The van der Waals surface area contributed by atoms with Gasteiger partial charge in [-0.25, -0.2) is 13.1 Å². The van der Waals surface area contributed by atoms with E-state index in [2.05, 4.69) is 9.46 Å².